The minimum absolute atomic E-state index is 0.0145. The Bertz CT molecular complexity index is 1260. The summed E-state index contributed by atoms with van der Waals surface area (Å²) in [6.45, 7) is 0.455. The number of anilines is 1. The van der Waals surface area contributed by atoms with Gasteiger partial charge in [0, 0.05) is 4.88 Å². The number of nitrogens with one attached hydrogen (secondary N) is 1. The lowest BCUT2D eigenvalue weighted by atomic mass is 9.97. The fourth-order valence-corrected chi connectivity index (χ4v) is 5.19. The van der Waals surface area contributed by atoms with Crippen molar-refractivity contribution in [2.24, 2.45) is 5.10 Å². The molecule has 0 spiro atoms. The van der Waals surface area contributed by atoms with Crippen molar-refractivity contribution in [3.05, 3.63) is 92.6 Å². The number of fused-ring (bicyclic) bond motifs is 3. The lowest BCUT2D eigenvalue weighted by Crippen LogP contribution is -2.25. The molecule has 2 aromatic heterocycles. The maximum Gasteiger partial charge on any atom is 0.264 e. The third-order valence-corrected chi connectivity index (χ3v) is 6.62. The van der Waals surface area contributed by atoms with E-state index in [-0.39, 0.29) is 5.56 Å². The first-order valence-corrected chi connectivity index (χ1v) is 11.0. The highest BCUT2D eigenvalue weighted by molar-refractivity contribution is 7.18. The Balaban J connectivity index is 1.59. The summed E-state index contributed by atoms with van der Waals surface area (Å²) in [7, 11) is 0. The molecule has 30 heavy (non-hydrogen) atoms. The predicted molar refractivity (Wildman–Crippen MR) is 124 cm³/mol. The van der Waals surface area contributed by atoms with Crippen molar-refractivity contribution in [1.29, 1.82) is 0 Å². The quantitative estimate of drug-likeness (QED) is 0.376. The van der Waals surface area contributed by atoms with Gasteiger partial charge in [-0.2, -0.15) is 5.10 Å². The summed E-state index contributed by atoms with van der Waals surface area (Å²) < 4.78 is 1.71. The summed E-state index contributed by atoms with van der Waals surface area (Å²) >= 11 is 1.66. The van der Waals surface area contributed by atoms with Crippen LogP contribution < -0.4 is 11.0 Å². The van der Waals surface area contributed by atoms with Gasteiger partial charge < -0.3 is 0 Å². The number of aromatic nitrogens is 2. The van der Waals surface area contributed by atoms with Gasteiger partial charge in [0.05, 0.1) is 18.1 Å². The number of benzene rings is 2. The molecule has 1 aliphatic carbocycles. The van der Waals surface area contributed by atoms with Crippen molar-refractivity contribution >= 4 is 33.7 Å². The minimum Gasteiger partial charge on any atom is -0.272 e. The van der Waals surface area contributed by atoms with Crippen LogP contribution in [0.5, 0.6) is 0 Å². The lowest BCUT2D eigenvalue weighted by Gasteiger charge is -2.13. The Hall–Kier alpha value is -3.25. The van der Waals surface area contributed by atoms with Gasteiger partial charge in [-0.15, -0.1) is 11.3 Å². The zero-order chi connectivity index (χ0) is 20.3. The van der Waals surface area contributed by atoms with Crippen molar-refractivity contribution in [3.63, 3.8) is 0 Å². The van der Waals surface area contributed by atoms with E-state index in [1.807, 2.05) is 60.7 Å². The van der Waals surface area contributed by atoms with Gasteiger partial charge in [-0.1, -0.05) is 60.7 Å². The molecular formula is C24H22N4OS. The van der Waals surface area contributed by atoms with Crippen molar-refractivity contribution in [2.75, 3.05) is 5.43 Å². The van der Waals surface area contributed by atoms with Crippen molar-refractivity contribution in [2.45, 2.75) is 32.2 Å². The van der Waals surface area contributed by atoms with Gasteiger partial charge in [-0.05, 0) is 42.4 Å². The lowest BCUT2D eigenvalue weighted by molar-refractivity contribution is 0.698. The first-order chi connectivity index (χ1) is 14.8. The second-order valence-electron chi connectivity index (χ2n) is 7.48. The highest BCUT2D eigenvalue weighted by Crippen LogP contribution is 2.34. The maximum absolute atomic E-state index is 13.6. The third-order valence-electron chi connectivity index (χ3n) is 5.44. The topological polar surface area (TPSA) is 59.3 Å². The zero-order valence-electron chi connectivity index (χ0n) is 16.5. The van der Waals surface area contributed by atoms with Crippen LogP contribution >= 0.6 is 11.3 Å². The van der Waals surface area contributed by atoms with Gasteiger partial charge >= 0.3 is 0 Å². The Morgan fingerprint density at radius 2 is 1.77 bits per heavy atom. The molecule has 0 saturated carbocycles. The van der Waals surface area contributed by atoms with E-state index >= 15 is 0 Å². The molecule has 5 nitrogen and oxygen atoms in total. The molecule has 5 rings (SSSR count). The van der Waals surface area contributed by atoms with Crippen molar-refractivity contribution < 1.29 is 0 Å². The largest absolute Gasteiger partial charge is 0.272 e. The number of thiophene rings is 1. The normalized spacial score (nSPS) is 13.6. The van der Waals surface area contributed by atoms with E-state index < -0.39 is 0 Å². The highest BCUT2D eigenvalue weighted by Gasteiger charge is 2.22. The molecule has 1 aliphatic rings. The van der Waals surface area contributed by atoms with Crippen LogP contribution in [0.2, 0.25) is 0 Å². The van der Waals surface area contributed by atoms with E-state index in [1.54, 1.807) is 22.1 Å². The number of nitrogens with zero attached hydrogens (tertiary/aromatic N) is 3. The Morgan fingerprint density at radius 3 is 2.57 bits per heavy atom. The molecule has 2 heterocycles. The molecule has 0 radical (unpaired) electrons. The summed E-state index contributed by atoms with van der Waals surface area (Å²) in [5.41, 5.74) is 6.28. The van der Waals surface area contributed by atoms with Crippen LogP contribution in [0.3, 0.4) is 0 Å². The van der Waals surface area contributed by atoms with Crippen LogP contribution in [-0.4, -0.2) is 15.8 Å². The molecule has 0 aliphatic heterocycles. The van der Waals surface area contributed by atoms with Crippen LogP contribution in [0, 0.1) is 0 Å². The van der Waals surface area contributed by atoms with Gasteiger partial charge in [-0.3, -0.25) is 9.36 Å². The molecule has 6 heteroatoms. The van der Waals surface area contributed by atoms with Crippen LogP contribution in [-0.2, 0) is 19.4 Å². The van der Waals surface area contributed by atoms with Gasteiger partial charge in [-0.25, -0.2) is 10.4 Å². The first-order valence-electron chi connectivity index (χ1n) is 10.2. The van der Waals surface area contributed by atoms with E-state index in [0.717, 1.165) is 40.6 Å². The fourth-order valence-electron chi connectivity index (χ4n) is 3.94. The average molecular weight is 415 g/mol. The molecule has 2 aromatic carbocycles. The predicted octanol–water partition coefficient (Wildman–Crippen LogP) is 4.83. The maximum atomic E-state index is 13.6. The number of hydrogen-bond acceptors (Lipinski definition) is 5. The molecular weight excluding hydrogens is 392 g/mol. The molecule has 4 aromatic rings. The van der Waals surface area contributed by atoms with Gasteiger partial charge in [0.2, 0.25) is 5.95 Å². The number of hydrazone groups is 1. The molecule has 1 N–H and O–H groups in total. The first kappa shape index (κ1) is 18.8. The van der Waals surface area contributed by atoms with E-state index in [0.29, 0.717) is 12.5 Å². The van der Waals surface area contributed by atoms with E-state index in [9.17, 15) is 4.79 Å². The molecule has 150 valence electrons. The standard InChI is InChI=1S/C24H22N4OS/c29-23-21-19-13-7-8-14-20(19)30-22(21)26-24(27-25-15-17-9-3-1-4-10-17)28(23)16-18-11-5-2-6-12-18/h1-6,9-12,15H,7-8,13-14,16H2,(H,26,27). The number of rotatable bonds is 5. The average Bonchev–Trinajstić information content (AvgIpc) is 3.16. The molecule has 0 atom stereocenters. The van der Waals surface area contributed by atoms with E-state index in [1.165, 1.54) is 16.9 Å². The van der Waals surface area contributed by atoms with Crippen molar-refractivity contribution in [1.82, 2.24) is 9.55 Å². The number of aryl methyl sites for hydroxylation is 2. The van der Waals surface area contributed by atoms with Crippen LogP contribution in [0.1, 0.15) is 34.4 Å². The summed E-state index contributed by atoms with van der Waals surface area (Å²) in [5.74, 6) is 0.474. The minimum atomic E-state index is 0.0145. The smallest absolute Gasteiger partial charge is 0.264 e. The van der Waals surface area contributed by atoms with Crippen LogP contribution in [0.15, 0.2) is 70.6 Å². The monoisotopic (exact) mass is 414 g/mol. The SMILES string of the molecule is O=c1c2c3c(sc2nc(NN=Cc2ccccc2)n1Cc1ccccc1)CCCC3. The van der Waals surface area contributed by atoms with Gasteiger partial charge in [0.15, 0.2) is 0 Å². The molecule has 0 fully saturated rings. The van der Waals surface area contributed by atoms with Crippen molar-refractivity contribution in [3.8, 4) is 0 Å². The Morgan fingerprint density at radius 1 is 1.03 bits per heavy atom. The summed E-state index contributed by atoms with van der Waals surface area (Å²) in [6.07, 6.45) is 6.07. The Labute approximate surface area is 178 Å². The van der Waals surface area contributed by atoms with Gasteiger partial charge in [0.1, 0.15) is 4.83 Å². The third kappa shape index (κ3) is 3.66. The van der Waals surface area contributed by atoms with Gasteiger partial charge in [0.25, 0.3) is 5.56 Å². The van der Waals surface area contributed by atoms with E-state index in [2.05, 4.69) is 10.5 Å². The molecule has 0 amide bonds. The van der Waals surface area contributed by atoms with Crippen LogP contribution in [0.4, 0.5) is 5.95 Å². The zero-order valence-corrected chi connectivity index (χ0v) is 17.4. The van der Waals surface area contributed by atoms with Crippen LogP contribution in [0.25, 0.3) is 10.2 Å². The molecule has 0 unspecified atom stereocenters. The summed E-state index contributed by atoms with van der Waals surface area (Å²) in [6, 6.07) is 19.9. The molecule has 0 bridgehead atoms. The summed E-state index contributed by atoms with van der Waals surface area (Å²) in [5, 5.41) is 5.15. The highest BCUT2D eigenvalue weighted by atomic mass is 32.1. The second kappa shape index (κ2) is 8.24. The fraction of sp³-hybridized carbons (Fsp3) is 0.208. The second-order valence-corrected chi connectivity index (χ2v) is 8.57. The van der Waals surface area contributed by atoms with E-state index in [4.69, 9.17) is 4.98 Å². The number of hydrogen-bond donors (Lipinski definition) is 1. The summed E-state index contributed by atoms with van der Waals surface area (Å²) in [4.78, 5) is 20.5. The molecule has 0 saturated heterocycles. The Kier molecular flexibility index (Phi) is 5.15.